The highest BCUT2D eigenvalue weighted by Gasteiger charge is 2.47. The van der Waals surface area contributed by atoms with Crippen LogP contribution < -0.4 is 0 Å². The Morgan fingerprint density at radius 1 is 1.21 bits per heavy atom. The molecule has 0 spiro atoms. The second-order valence-electron chi connectivity index (χ2n) is 7.97. The number of Topliss-reactive ketones (excluding diaryl/α,β-unsaturated/α-hetero) is 1. The van der Waals surface area contributed by atoms with Crippen LogP contribution in [0.2, 0.25) is 0 Å². The summed E-state index contributed by atoms with van der Waals surface area (Å²) in [7, 11) is 1.25. The van der Waals surface area contributed by atoms with Crippen LogP contribution in [0, 0.1) is 0 Å². The molecule has 0 fully saturated rings. The number of ether oxygens (including phenoxy) is 1. The Kier molecular flexibility index (Phi) is 4.55. The van der Waals surface area contributed by atoms with E-state index < -0.39 is 23.6 Å². The number of aliphatic hydroxyl groups excluding tert-OH is 1. The predicted octanol–water partition coefficient (Wildman–Crippen LogP) is 2.60. The third kappa shape index (κ3) is 2.72. The number of aliphatic hydroxyl groups is 2. The first-order valence-electron chi connectivity index (χ1n) is 9.79. The van der Waals surface area contributed by atoms with E-state index in [0.29, 0.717) is 34.9 Å². The quantitative estimate of drug-likeness (QED) is 0.571. The summed E-state index contributed by atoms with van der Waals surface area (Å²) < 4.78 is 4.93. The van der Waals surface area contributed by atoms with Gasteiger partial charge in [-0.25, -0.2) is 0 Å². The summed E-state index contributed by atoms with van der Waals surface area (Å²) in [6, 6.07) is 3.21. The number of ketones is 1. The fourth-order valence-electron chi connectivity index (χ4n) is 4.86. The average Bonchev–Trinajstić information content (AvgIpc) is 2.70. The van der Waals surface area contributed by atoms with Gasteiger partial charge < -0.3 is 25.2 Å². The third-order valence-electron chi connectivity index (χ3n) is 6.53. The molecule has 4 rings (SSSR count). The van der Waals surface area contributed by atoms with E-state index in [1.807, 2.05) is 0 Å². The Morgan fingerprint density at radius 2 is 1.90 bits per heavy atom. The summed E-state index contributed by atoms with van der Waals surface area (Å²) in [6.45, 7) is 1.78. The molecule has 0 amide bonds. The van der Waals surface area contributed by atoms with E-state index in [1.165, 1.54) is 7.11 Å². The fourth-order valence-corrected chi connectivity index (χ4v) is 4.86. The Balaban J connectivity index is 2.05. The van der Waals surface area contributed by atoms with Gasteiger partial charge in [0.1, 0.15) is 17.4 Å². The summed E-state index contributed by atoms with van der Waals surface area (Å²) in [5, 5.41) is 43.7. The topological polar surface area (TPSA) is 124 Å². The van der Waals surface area contributed by atoms with E-state index in [9.17, 15) is 30.0 Å². The first-order valence-corrected chi connectivity index (χ1v) is 9.79. The maximum Gasteiger partial charge on any atom is 0.316 e. The van der Waals surface area contributed by atoms with Crippen LogP contribution in [0.4, 0.5) is 0 Å². The highest BCUT2D eigenvalue weighted by Crippen LogP contribution is 2.50. The van der Waals surface area contributed by atoms with Gasteiger partial charge in [-0.1, -0.05) is 6.92 Å². The molecule has 29 heavy (non-hydrogen) atoms. The molecule has 0 saturated carbocycles. The van der Waals surface area contributed by atoms with Crippen LogP contribution in [-0.4, -0.2) is 44.9 Å². The van der Waals surface area contributed by atoms with E-state index in [0.717, 1.165) is 0 Å². The van der Waals surface area contributed by atoms with Crippen LogP contribution >= 0.6 is 0 Å². The number of carbonyl (C=O) groups is 2. The molecule has 0 saturated heterocycles. The minimum absolute atomic E-state index is 0.0388. The maximum absolute atomic E-state index is 12.5. The van der Waals surface area contributed by atoms with Gasteiger partial charge in [0.05, 0.1) is 29.8 Å². The lowest BCUT2D eigenvalue weighted by atomic mass is 9.69. The number of phenols is 2. The van der Waals surface area contributed by atoms with E-state index in [-0.39, 0.29) is 47.5 Å². The summed E-state index contributed by atoms with van der Waals surface area (Å²) in [6.07, 6.45) is 0.357. The molecular weight excluding hydrogens is 376 g/mol. The van der Waals surface area contributed by atoms with Crippen molar-refractivity contribution in [2.75, 3.05) is 7.11 Å². The number of benzene rings is 2. The molecule has 0 bridgehead atoms. The second kappa shape index (κ2) is 6.71. The molecule has 0 aliphatic heterocycles. The van der Waals surface area contributed by atoms with Crippen molar-refractivity contribution in [3.8, 4) is 11.5 Å². The van der Waals surface area contributed by atoms with E-state index in [4.69, 9.17) is 4.74 Å². The smallest absolute Gasteiger partial charge is 0.316 e. The van der Waals surface area contributed by atoms with Crippen molar-refractivity contribution >= 4 is 22.5 Å². The molecule has 2 aliphatic rings. The average molecular weight is 400 g/mol. The first kappa shape index (κ1) is 19.7. The lowest BCUT2D eigenvalue weighted by Gasteiger charge is -2.39. The van der Waals surface area contributed by atoms with Crippen molar-refractivity contribution in [2.45, 2.75) is 56.7 Å². The number of esters is 1. The number of hydrogen-bond acceptors (Lipinski definition) is 7. The van der Waals surface area contributed by atoms with Gasteiger partial charge in [-0.2, -0.15) is 0 Å². The van der Waals surface area contributed by atoms with Crippen LogP contribution in [0.1, 0.15) is 71.7 Å². The largest absolute Gasteiger partial charge is 0.507 e. The number of methoxy groups -OCH3 is 1. The van der Waals surface area contributed by atoms with Gasteiger partial charge >= 0.3 is 5.97 Å². The zero-order valence-corrected chi connectivity index (χ0v) is 16.4. The molecule has 0 unspecified atom stereocenters. The minimum atomic E-state index is -1.31. The van der Waals surface area contributed by atoms with Gasteiger partial charge in [-0.3, -0.25) is 9.59 Å². The number of aromatic hydroxyl groups is 2. The summed E-state index contributed by atoms with van der Waals surface area (Å²) in [4.78, 5) is 24.9. The molecule has 0 heterocycles. The monoisotopic (exact) mass is 400 g/mol. The van der Waals surface area contributed by atoms with Crippen molar-refractivity contribution < 1.29 is 34.8 Å². The molecule has 154 valence electrons. The summed E-state index contributed by atoms with van der Waals surface area (Å²) in [5.41, 5.74) is -0.0801. The Hall–Kier alpha value is -2.64. The second-order valence-corrected chi connectivity index (χ2v) is 7.97. The molecule has 2 aliphatic carbocycles. The summed E-state index contributed by atoms with van der Waals surface area (Å²) >= 11 is 0. The lowest BCUT2D eigenvalue weighted by molar-refractivity contribution is -0.151. The molecule has 7 nitrogen and oxygen atoms in total. The molecule has 2 aromatic rings. The number of phenolic OH excluding ortho intramolecular Hbond substituents is 2. The van der Waals surface area contributed by atoms with Gasteiger partial charge in [0.15, 0.2) is 5.78 Å². The Morgan fingerprint density at radius 3 is 2.55 bits per heavy atom. The molecule has 4 N–H and O–H groups in total. The Labute approximate surface area is 167 Å². The first-order chi connectivity index (χ1) is 13.7. The third-order valence-corrected chi connectivity index (χ3v) is 6.53. The fraction of sp³-hybridized carbons (Fsp3) is 0.455. The van der Waals surface area contributed by atoms with Gasteiger partial charge in [-0.05, 0) is 59.9 Å². The van der Waals surface area contributed by atoms with Gasteiger partial charge in [0.2, 0.25) is 0 Å². The predicted molar refractivity (Wildman–Crippen MR) is 104 cm³/mol. The maximum atomic E-state index is 12.5. The molecule has 0 aromatic heterocycles. The number of carbonyl (C=O) groups excluding carboxylic acids is 2. The molecule has 0 radical (unpaired) electrons. The van der Waals surface area contributed by atoms with E-state index in [1.54, 1.807) is 19.1 Å². The molecular formula is C22H24O7. The molecule has 3 atom stereocenters. The van der Waals surface area contributed by atoms with Crippen molar-refractivity contribution in [1.29, 1.82) is 0 Å². The van der Waals surface area contributed by atoms with Gasteiger partial charge in [0.25, 0.3) is 0 Å². The highest BCUT2D eigenvalue weighted by molar-refractivity contribution is 6.09. The standard InChI is InChI=1S/C22H24O7/c1-3-22(28)7-6-11-12(18(22)21(27)29-2)8-10-9-13-14(23)4-5-15(24)17(13)20(26)16(10)19(11)25/h8-9,14,18,23,25-26,28H,3-7H2,1-2H3/t14-,18+,22-/m1/s1. The summed E-state index contributed by atoms with van der Waals surface area (Å²) in [5.74, 6) is -2.44. The highest BCUT2D eigenvalue weighted by atomic mass is 16.5. The zero-order chi connectivity index (χ0) is 21.1. The van der Waals surface area contributed by atoms with Crippen molar-refractivity contribution in [2.24, 2.45) is 0 Å². The van der Waals surface area contributed by atoms with Crippen LogP contribution in [0.5, 0.6) is 11.5 Å². The molecule has 7 heteroatoms. The van der Waals surface area contributed by atoms with Gasteiger partial charge in [-0.15, -0.1) is 0 Å². The lowest BCUT2D eigenvalue weighted by Crippen LogP contribution is -2.44. The number of fused-ring (bicyclic) bond motifs is 3. The normalized spacial score (nSPS) is 26.1. The van der Waals surface area contributed by atoms with Crippen LogP contribution in [0.3, 0.4) is 0 Å². The van der Waals surface area contributed by atoms with Crippen molar-refractivity contribution in [3.63, 3.8) is 0 Å². The van der Waals surface area contributed by atoms with Crippen LogP contribution in [-0.2, 0) is 16.0 Å². The van der Waals surface area contributed by atoms with Crippen molar-refractivity contribution in [1.82, 2.24) is 0 Å². The van der Waals surface area contributed by atoms with E-state index in [2.05, 4.69) is 0 Å². The van der Waals surface area contributed by atoms with Crippen LogP contribution in [0.15, 0.2) is 12.1 Å². The minimum Gasteiger partial charge on any atom is -0.507 e. The van der Waals surface area contributed by atoms with Crippen molar-refractivity contribution in [3.05, 3.63) is 34.4 Å². The number of rotatable bonds is 2. The van der Waals surface area contributed by atoms with E-state index >= 15 is 0 Å². The molecule has 2 aromatic carbocycles. The zero-order valence-electron chi connectivity index (χ0n) is 16.4. The van der Waals surface area contributed by atoms with Gasteiger partial charge in [0, 0.05) is 6.42 Å². The SMILES string of the molecule is CC[C@@]1(O)CCc2c(cc3cc4c(c(O)c3c2O)C(=O)CC[C@H]4O)[C@H]1C(=O)OC. The van der Waals surface area contributed by atoms with Crippen LogP contribution in [0.25, 0.3) is 10.8 Å². The Bertz CT molecular complexity index is 1040. The number of hydrogen-bond donors (Lipinski definition) is 4.